The van der Waals surface area contributed by atoms with Crippen molar-refractivity contribution in [3.8, 4) is 0 Å². The number of aliphatic hydroxyl groups excluding tert-OH is 1. The third-order valence-electron chi connectivity index (χ3n) is 7.61. The van der Waals surface area contributed by atoms with E-state index in [-0.39, 0.29) is 6.10 Å². The minimum absolute atomic E-state index is 0.203. The van der Waals surface area contributed by atoms with Crippen molar-refractivity contribution >= 4 is 11.6 Å². The fourth-order valence-corrected chi connectivity index (χ4v) is 6.09. The molecule has 3 rings (SSSR count). The molecule has 0 saturated heterocycles. The molecule has 0 heterocycles. The fraction of sp³-hybridized carbons (Fsp3) is 0.680. The quantitative estimate of drug-likeness (QED) is 0.401. The number of allylic oxidation sites excluding steroid dienone is 5. The molecule has 1 N–H and O–H groups in total. The van der Waals surface area contributed by atoms with Crippen LogP contribution in [0.3, 0.4) is 0 Å². The molecule has 0 aliphatic heterocycles. The highest BCUT2D eigenvalue weighted by molar-refractivity contribution is 6.19. The Morgan fingerprint density at radius 3 is 2.86 bits per heavy atom. The second-order valence-electron chi connectivity index (χ2n) is 9.49. The number of hydrogen-bond donors (Lipinski definition) is 1. The van der Waals surface area contributed by atoms with Gasteiger partial charge in [-0.1, -0.05) is 50.3 Å². The Kier molecular flexibility index (Phi) is 7.15. The standard InChI is InChI=1S/C25H37ClO2/c1-17-7-10-22(27)14-21(17)9-8-20-6-5-13-25(4)23(11-12-24(20)25)18(2)16-28-19(3)15-26/h8-9,18,22-24,27H,1,3,5-7,10-16H2,2,4H3/b20-8+,21-9-/t18-,22+,23-,24+,25-/m1/s1. The van der Waals surface area contributed by atoms with Gasteiger partial charge in [0.05, 0.1) is 18.6 Å². The molecule has 0 unspecified atom stereocenters. The summed E-state index contributed by atoms with van der Waals surface area (Å²) in [7, 11) is 0. The molecule has 0 aromatic heterocycles. The van der Waals surface area contributed by atoms with Crippen molar-refractivity contribution in [2.45, 2.75) is 71.3 Å². The first-order chi connectivity index (χ1) is 13.3. The second-order valence-corrected chi connectivity index (χ2v) is 9.76. The summed E-state index contributed by atoms with van der Waals surface area (Å²) in [6.07, 6.45) is 13.3. The van der Waals surface area contributed by atoms with Crippen LogP contribution >= 0.6 is 11.6 Å². The fourth-order valence-electron chi connectivity index (χ4n) is 6.01. The van der Waals surface area contributed by atoms with Gasteiger partial charge in [-0.3, -0.25) is 0 Å². The molecular formula is C25H37ClO2. The van der Waals surface area contributed by atoms with Crippen molar-refractivity contribution in [3.05, 3.63) is 47.8 Å². The number of hydrogen-bond acceptors (Lipinski definition) is 2. The highest BCUT2D eigenvalue weighted by Crippen LogP contribution is 2.59. The van der Waals surface area contributed by atoms with E-state index in [4.69, 9.17) is 16.3 Å². The molecule has 3 saturated carbocycles. The Bertz CT molecular complexity index is 661. The van der Waals surface area contributed by atoms with Gasteiger partial charge >= 0.3 is 0 Å². The zero-order valence-corrected chi connectivity index (χ0v) is 18.4. The lowest BCUT2D eigenvalue weighted by molar-refractivity contribution is 0.0578. The molecule has 0 amide bonds. The van der Waals surface area contributed by atoms with Crippen LogP contribution in [0.1, 0.15) is 65.2 Å². The van der Waals surface area contributed by atoms with E-state index >= 15 is 0 Å². The predicted octanol–water partition coefficient (Wildman–Crippen LogP) is 6.56. The van der Waals surface area contributed by atoms with E-state index in [9.17, 15) is 5.11 Å². The van der Waals surface area contributed by atoms with Crippen LogP contribution in [0.15, 0.2) is 47.8 Å². The monoisotopic (exact) mass is 404 g/mol. The van der Waals surface area contributed by atoms with Crippen LogP contribution in [-0.4, -0.2) is 23.7 Å². The Hall–Kier alpha value is -0.990. The number of fused-ring (bicyclic) bond motifs is 1. The normalized spacial score (nSPS) is 37.1. The van der Waals surface area contributed by atoms with Gasteiger partial charge in [-0.2, -0.15) is 0 Å². The minimum atomic E-state index is -0.203. The maximum absolute atomic E-state index is 10.00. The van der Waals surface area contributed by atoms with Crippen LogP contribution in [0.4, 0.5) is 0 Å². The van der Waals surface area contributed by atoms with E-state index < -0.39 is 0 Å². The van der Waals surface area contributed by atoms with Crippen LogP contribution in [-0.2, 0) is 4.74 Å². The molecule has 0 spiro atoms. The number of rotatable bonds is 6. The molecule has 0 bridgehead atoms. The summed E-state index contributed by atoms with van der Waals surface area (Å²) >= 11 is 5.81. The zero-order valence-electron chi connectivity index (χ0n) is 17.7. The van der Waals surface area contributed by atoms with Gasteiger partial charge in [0, 0.05) is 0 Å². The first-order valence-electron chi connectivity index (χ1n) is 11.0. The summed E-state index contributed by atoms with van der Waals surface area (Å²) in [5, 5.41) is 10.00. The molecule has 0 aromatic carbocycles. The van der Waals surface area contributed by atoms with E-state index in [1.165, 1.54) is 43.3 Å². The number of alkyl halides is 1. The van der Waals surface area contributed by atoms with Gasteiger partial charge in [0.2, 0.25) is 0 Å². The van der Waals surface area contributed by atoms with Crippen LogP contribution in [0.25, 0.3) is 0 Å². The lowest BCUT2D eigenvalue weighted by Crippen LogP contribution is -2.37. The molecule has 156 valence electrons. The third kappa shape index (κ3) is 4.60. The zero-order chi connectivity index (χ0) is 20.3. The largest absolute Gasteiger partial charge is 0.497 e. The van der Waals surface area contributed by atoms with E-state index in [2.05, 4.69) is 39.2 Å². The van der Waals surface area contributed by atoms with Crippen LogP contribution in [0.5, 0.6) is 0 Å². The van der Waals surface area contributed by atoms with Gasteiger partial charge in [-0.25, -0.2) is 0 Å². The minimum Gasteiger partial charge on any atom is -0.497 e. The highest BCUT2D eigenvalue weighted by atomic mass is 35.5. The Balaban J connectivity index is 1.72. The molecule has 3 fully saturated rings. The molecular weight excluding hydrogens is 368 g/mol. The van der Waals surface area contributed by atoms with Gasteiger partial charge in [-0.15, -0.1) is 11.6 Å². The van der Waals surface area contributed by atoms with E-state index in [0.717, 1.165) is 25.9 Å². The Morgan fingerprint density at radius 1 is 1.32 bits per heavy atom. The summed E-state index contributed by atoms with van der Waals surface area (Å²) < 4.78 is 5.78. The van der Waals surface area contributed by atoms with Gasteiger partial charge in [0.1, 0.15) is 5.76 Å². The van der Waals surface area contributed by atoms with Crippen molar-refractivity contribution < 1.29 is 9.84 Å². The first kappa shape index (κ1) is 21.7. The second kappa shape index (κ2) is 9.22. The van der Waals surface area contributed by atoms with Crippen molar-refractivity contribution in [2.24, 2.45) is 23.2 Å². The maximum Gasteiger partial charge on any atom is 0.104 e. The maximum atomic E-state index is 10.00. The average molecular weight is 405 g/mol. The Morgan fingerprint density at radius 2 is 2.11 bits per heavy atom. The number of ether oxygens (including phenoxy) is 1. The Labute approximate surface area is 176 Å². The topological polar surface area (TPSA) is 29.5 Å². The van der Waals surface area contributed by atoms with Crippen molar-refractivity contribution in [3.63, 3.8) is 0 Å². The molecule has 28 heavy (non-hydrogen) atoms. The van der Waals surface area contributed by atoms with Gasteiger partial charge in [0.15, 0.2) is 0 Å². The molecule has 5 atom stereocenters. The van der Waals surface area contributed by atoms with E-state index in [1.54, 1.807) is 5.57 Å². The van der Waals surface area contributed by atoms with E-state index in [0.29, 0.717) is 34.8 Å². The van der Waals surface area contributed by atoms with Gasteiger partial charge < -0.3 is 9.84 Å². The molecule has 3 aliphatic carbocycles. The lowest BCUT2D eigenvalue weighted by atomic mass is 9.61. The highest BCUT2D eigenvalue weighted by Gasteiger charge is 2.50. The first-order valence-corrected chi connectivity index (χ1v) is 11.5. The van der Waals surface area contributed by atoms with Crippen molar-refractivity contribution in [1.29, 1.82) is 0 Å². The summed E-state index contributed by atoms with van der Waals surface area (Å²) in [4.78, 5) is 0. The van der Waals surface area contributed by atoms with E-state index in [1.807, 2.05) is 0 Å². The smallest absolute Gasteiger partial charge is 0.104 e. The summed E-state index contributed by atoms with van der Waals surface area (Å²) in [5.74, 6) is 2.92. The molecule has 3 aliphatic rings. The van der Waals surface area contributed by atoms with Crippen LogP contribution < -0.4 is 0 Å². The summed E-state index contributed by atoms with van der Waals surface area (Å²) in [6, 6.07) is 0. The lowest BCUT2D eigenvalue weighted by Gasteiger charge is -2.44. The molecule has 3 heteroatoms. The average Bonchev–Trinajstić information content (AvgIpc) is 3.04. The number of aliphatic hydroxyl groups is 1. The molecule has 0 aromatic rings. The molecule has 2 nitrogen and oxygen atoms in total. The third-order valence-corrected chi connectivity index (χ3v) is 7.91. The summed E-state index contributed by atoms with van der Waals surface area (Å²) in [5.41, 5.74) is 4.41. The summed E-state index contributed by atoms with van der Waals surface area (Å²) in [6.45, 7) is 13.6. The van der Waals surface area contributed by atoms with Gasteiger partial charge in [-0.05, 0) is 80.1 Å². The number of halogens is 1. The van der Waals surface area contributed by atoms with Crippen molar-refractivity contribution in [1.82, 2.24) is 0 Å². The van der Waals surface area contributed by atoms with Crippen LogP contribution in [0.2, 0.25) is 0 Å². The van der Waals surface area contributed by atoms with Crippen molar-refractivity contribution in [2.75, 3.05) is 12.5 Å². The predicted molar refractivity (Wildman–Crippen MR) is 118 cm³/mol. The molecule has 0 radical (unpaired) electrons. The van der Waals surface area contributed by atoms with Gasteiger partial charge in [0.25, 0.3) is 0 Å². The van der Waals surface area contributed by atoms with Crippen LogP contribution in [0, 0.1) is 23.2 Å². The SMILES string of the molecule is C=C(CCl)OC[C@@H](C)[C@H]1CC[C@H]2/C(=C/C=C3/C[C@@H](O)CCC3=C)CCC[C@]12C.